The largest absolute Gasteiger partial charge is 0.351 e. The average Bonchev–Trinajstić information content (AvgIpc) is 2.26. The fraction of sp³-hybridized carbons (Fsp3) is 0.533. The van der Waals surface area contributed by atoms with Crippen molar-refractivity contribution in [2.75, 3.05) is 6.54 Å². The van der Waals surface area contributed by atoms with E-state index in [2.05, 4.69) is 29.7 Å². The molecule has 1 heterocycles. The van der Waals surface area contributed by atoms with Gasteiger partial charge in [-0.3, -0.25) is 4.79 Å². The zero-order valence-corrected chi connectivity index (χ0v) is 11.6. The van der Waals surface area contributed by atoms with Gasteiger partial charge in [-0.15, -0.1) is 0 Å². The number of fused-ring (bicyclic) bond motifs is 1. The minimum atomic E-state index is -0.182. The van der Waals surface area contributed by atoms with E-state index in [9.17, 15) is 4.79 Å². The van der Waals surface area contributed by atoms with Crippen LogP contribution in [0.4, 0.5) is 0 Å². The second kappa shape index (κ2) is 4.73. The molecule has 0 saturated heterocycles. The highest BCUT2D eigenvalue weighted by molar-refractivity contribution is 5.85. The van der Waals surface area contributed by atoms with Crippen molar-refractivity contribution < 1.29 is 4.79 Å². The molecule has 1 aliphatic heterocycles. The van der Waals surface area contributed by atoms with Crippen molar-refractivity contribution >= 4 is 5.91 Å². The van der Waals surface area contributed by atoms with Crippen LogP contribution in [-0.2, 0) is 11.3 Å². The molecule has 0 saturated carbocycles. The lowest BCUT2D eigenvalue weighted by molar-refractivity contribution is -0.124. The molecule has 2 N–H and O–H groups in total. The first kappa shape index (κ1) is 13.1. The minimum absolute atomic E-state index is 0.0760. The molecule has 0 fully saturated rings. The molecule has 1 atom stereocenters. The second-order valence-corrected chi connectivity index (χ2v) is 6.07. The molecule has 0 radical (unpaired) electrons. The predicted molar refractivity (Wildman–Crippen MR) is 73.5 cm³/mol. The van der Waals surface area contributed by atoms with Gasteiger partial charge in [-0.1, -0.05) is 18.2 Å². The highest BCUT2D eigenvalue weighted by atomic mass is 16.2. The zero-order chi connectivity index (χ0) is 13.3. The maximum Gasteiger partial charge on any atom is 0.229 e. The third kappa shape index (κ3) is 2.72. The highest BCUT2D eigenvalue weighted by Gasteiger charge is 2.28. The summed E-state index contributed by atoms with van der Waals surface area (Å²) in [6, 6.07) is 6.22. The normalized spacial score (nSPS) is 19.2. The Kier molecular flexibility index (Phi) is 3.44. The molecule has 3 nitrogen and oxygen atoms in total. The minimum Gasteiger partial charge on any atom is -0.351 e. The lowest BCUT2D eigenvalue weighted by atomic mass is 9.87. The van der Waals surface area contributed by atoms with Gasteiger partial charge in [-0.25, -0.2) is 0 Å². The van der Waals surface area contributed by atoms with E-state index in [0.717, 1.165) is 13.1 Å². The monoisotopic (exact) mass is 246 g/mol. The van der Waals surface area contributed by atoms with Crippen molar-refractivity contribution in [2.45, 2.75) is 45.7 Å². The Hall–Kier alpha value is -1.35. The molecule has 0 bridgehead atoms. The smallest absolute Gasteiger partial charge is 0.229 e. The van der Waals surface area contributed by atoms with E-state index < -0.39 is 0 Å². The molecule has 1 aliphatic rings. The molecule has 0 aliphatic carbocycles. The average molecular weight is 246 g/mol. The van der Waals surface area contributed by atoms with E-state index in [-0.39, 0.29) is 17.4 Å². The van der Waals surface area contributed by atoms with Crippen LogP contribution in [0.15, 0.2) is 18.2 Å². The van der Waals surface area contributed by atoms with Crippen molar-refractivity contribution in [3.05, 3.63) is 34.9 Å². The Labute approximate surface area is 109 Å². The topological polar surface area (TPSA) is 41.1 Å². The van der Waals surface area contributed by atoms with Gasteiger partial charge in [-0.2, -0.15) is 0 Å². The lowest BCUT2D eigenvalue weighted by Crippen LogP contribution is -2.46. The fourth-order valence-electron chi connectivity index (χ4n) is 2.44. The van der Waals surface area contributed by atoms with Gasteiger partial charge in [0.1, 0.15) is 0 Å². The molecule has 1 aromatic rings. The van der Waals surface area contributed by atoms with E-state index >= 15 is 0 Å². The molecule has 3 heteroatoms. The Morgan fingerprint density at radius 3 is 2.78 bits per heavy atom. The summed E-state index contributed by atoms with van der Waals surface area (Å²) in [4.78, 5) is 12.3. The molecular formula is C15H22N2O. The van der Waals surface area contributed by atoms with Crippen molar-refractivity contribution in [3.8, 4) is 0 Å². The van der Waals surface area contributed by atoms with Crippen LogP contribution in [0.3, 0.4) is 0 Å². The molecule has 1 aromatic carbocycles. The molecule has 18 heavy (non-hydrogen) atoms. The van der Waals surface area contributed by atoms with Crippen LogP contribution in [0, 0.1) is 6.92 Å². The summed E-state index contributed by atoms with van der Waals surface area (Å²) >= 11 is 0. The summed E-state index contributed by atoms with van der Waals surface area (Å²) in [6.45, 7) is 9.72. The Morgan fingerprint density at radius 2 is 2.11 bits per heavy atom. The van der Waals surface area contributed by atoms with Crippen molar-refractivity contribution in [1.82, 2.24) is 10.6 Å². The lowest BCUT2D eigenvalue weighted by Gasteiger charge is -2.30. The van der Waals surface area contributed by atoms with Gasteiger partial charge in [0.25, 0.3) is 0 Å². The van der Waals surface area contributed by atoms with Gasteiger partial charge in [-0.05, 0) is 44.4 Å². The number of benzene rings is 1. The SMILES string of the molecule is Cc1cccc2c1CNCC2C(=O)NC(C)(C)C. The quantitative estimate of drug-likeness (QED) is 0.796. The van der Waals surface area contributed by atoms with E-state index in [4.69, 9.17) is 0 Å². The molecule has 1 unspecified atom stereocenters. The Morgan fingerprint density at radius 1 is 1.39 bits per heavy atom. The summed E-state index contributed by atoms with van der Waals surface area (Å²) in [7, 11) is 0. The summed E-state index contributed by atoms with van der Waals surface area (Å²) in [5.74, 6) is 0.0365. The first-order chi connectivity index (χ1) is 8.38. The van der Waals surface area contributed by atoms with Gasteiger partial charge in [0.2, 0.25) is 5.91 Å². The summed E-state index contributed by atoms with van der Waals surface area (Å²) in [6.07, 6.45) is 0. The first-order valence-electron chi connectivity index (χ1n) is 6.49. The van der Waals surface area contributed by atoms with Crippen LogP contribution in [0.2, 0.25) is 0 Å². The summed E-state index contributed by atoms with van der Waals surface area (Å²) in [5.41, 5.74) is 3.53. The highest BCUT2D eigenvalue weighted by Crippen LogP contribution is 2.26. The molecular weight excluding hydrogens is 224 g/mol. The number of amides is 1. The zero-order valence-electron chi connectivity index (χ0n) is 11.6. The van der Waals surface area contributed by atoms with Crippen LogP contribution in [0.25, 0.3) is 0 Å². The molecule has 0 aromatic heterocycles. The van der Waals surface area contributed by atoms with Gasteiger partial charge in [0.05, 0.1) is 5.92 Å². The van der Waals surface area contributed by atoms with Crippen molar-refractivity contribution in [3.63, 3.8) is 0 Å². The molecule has 2 rings (SSSR count). The number of carbonyl (C=O) groups is 1. The van der Waals surface area contributed by atoms with E-state index in [1.807, 2.05) is 26.8 Å². The number of aryl methyl sites for hydroxylation is 1. The van der Waals surface area contributed by atoms with Crippen LogP contribution in [0.5, 0.6) is 0 Å². The maximum absolute atomic E-state index is 12.3. The summed E-state index contributed by atoms with van der Waals surface area (Å²) in [5, 5.41) is 6.41. The number of hydrogen-bond donors (Lipinski definition) is 2. The van der Waals surface area contributed by atoms with Crippen LogP contribution in [0.1, 0.15) is 43.4 Å². The summed E-state index contributed by atoms with van der Waals surface area (Å²) < 4.78 is 0. The molecule has 98 valence electrons. The predicted octanol–water partition coefficient (Wildman–Crippen LogP) is 2.10. The molecule has 1 amide bonds. The third-order valence-electron chi connectivity index (χ3n) is 3.29. The van der Waals surface area contributed by atoms with Gasteiger partial charge < -0.3 is 10.6 Å². The van der Waals surface area contributed by atoms with Crippen molar-refractivity contribution in [2.24, 2.45) is 0 Å². The standard InChI is InChI=1S/C15H22N2O/c1-10-6-5-7-11-12(10)8-16-9-13(11)14(18)17-15(2,3)4/h5-7,13,16H,8-9H2,1-4H3,(H,17,18). The van der Waals surface area contributed by atoms with E-state index in [1.54, 1.807) is 0 Å². The van der Waals surface area contributed by atoms with Crippen molar-refractivity contribution in [1.29, 1.82) is 0 Å². The first-order valence-corrected chi connectivity index (χ1v) is 6.49. The number of hydrogen-bond acceptors (Lipinski definition) is 2. The maximum atomic E-state index is 12.3. The van der Waals surface area contributed by atoms with Crippen LogP contribution >= 0.6 is 0 Å². The molecule has 0 spiro atoms. The number of nitrogens with one attached hydrogen (secondary N) is 2. The van der Waals surface area contributed by atoms with Gasteiger partial charge in [0, 0.05) is 18.6 Å². The Bertz CT molecular complexity index is 460. The number of carbonyl (C=O) groups excluding carboxylic acids is 1. The van der Waals surface area contributed by atoms with Crippen LogP contribution < -0.4 is 10.6 Å². The van der Waals surface area contributed by atoms with E-state index in [1.165, 1.54) is 16.7 Å². The van der Waals surface area contributed by atoms with Gasteiger partial charge >= 0.3 is 0 Å². The fourth-order valence-corrected chi connectivity index (χ4v) is 2.44. The second-order valence-electron chi connectivity index (χ2n) is 6.07. The van der Waals surface area contributed by atoms with Crippen LogP contribution in [-0.4, -0.2) is 18.0 Å². The van der Waals surface area contributed by atoms with Gasteiger partial charge in [0.15, 0.2) is 0 Å². The Balaban J connectivity index is 2.28. The third-order valence-corrected chi connectivity index (χ3v) is 3.29. The van der Waals surface area contributed by atoms with E-state index in [0.29, 0.717) is 0 Å². The number of rotatable bonds is 1.